The second kappa shape index (κ2) is 3.69. The number of hydrogen-bond acceptors (Lipinski definition) is 3. The Bertz CT molecular complexity index is 325. The monoisotopic (exact) mass is 197 g/mol. The molecule has 1 rings (SSSR count). The van der Waals surface area contributed by atoms with Gasteiger partial charge >= 0.3 is 6.09 Å². The highest BCUT2D eigenvalue weighted by Gasteiger charge is 2.16. The van der Waals surface area contributed by atoms with E-state index in [1.807, 2.05) is 27.7 Å². The lowest BCUT2D eigenvalue weighted by Gasteiger charge is -2.19. The fourth-order valence-electron chi connectivity index (χ4n) is 0.899. The van der Waals surface area contributed by atoms with Crippen LogP contribution in [0.5, 0.6) is 0 Å². The van der Waals surface area contributed by atoms with Crippen molar-refractivity contribution in [1.29, 1.82) is 0 Å². The number of ether oxygens (including phenoxy) is 1. The molecule has 1 aromatic heterocycles. The molecule has 78 valence electrons. The molecular weight excluding hydrogens is 182 g/mol. The third-order valence-corrected chi connectivity index (χ3v) is 1.34. The number of carbonyl (C=O) groups excluding carboxylic acids is 1. The molecule has 0 bridgehead atoms. The molecular formula is C9H15N3O2. The molecule has 0 radical (unpaired) electrons. The van der Waals surface area contributed by atoms with E-state index in [0.29, 0.717) is 5.82 Å². The minimum atomic E-state index is -0.487. The van der Waals surface area contributed by atoms with E-state index in [0.717, 1.165) is 5.69 Å². The van der Waals surface area contributed by atoms with Gasteiger partial charge in [0.25, 0.3) is 0 Å². The maximum Gasteiger partial charge on any atom is 0.413 e. The second-order valence-electron chi connectivity index (χ2n) is 4.05. The predicted molar refractivity (Wildman–Crippen MR) is 53.2 cm³/mol. The van der Waals surface area contributed by atoms with Gasteiger partial charge in [0, 0.05) is 6.07 Å². The van der Waals surface area contributed by atoms with Crippen LogP contribution in [-0.4, -0.2) is 21.9 Å². The highest BCUT2D eigenvalue weighted by atomic mass is 16.6. The number of rotatable bonds is 1. The lowest BCUT2D eigenvalue weighted by atomic mass is 10.2. The van der Waals surface area contributed by atoms with Crippen LogP contribution < -0.4 is 5.32 Å². The topological polar surface area (TPSA) is 67.0 Å². The molecule has 5 heteroatoms. The van der Waals surface area contributed by atoms with E-state index in [2.05, 4.69) is 15.5 Å². The standard InChI is InChI=1S/C9H15N3O2/c1-6-5-7(12-11-6)10-8(13)14-9(2,3)4/h5H,1-4H3,(H2,10,11,12,13). The average molecular weight is 197 g/mol. The summed E-state index contributed by atoms with van der Waals surface area (Å²) >= 11 is 0. The summed E-state index contributed by atoms with van der Waals surface area (Å²) in [6.45, 7) is 7.26. The fraction of sp³-hybridized carbons (Fsp3) is 0.556. The lowest BCUT2D eigenvalue weighted by molar-refractivity contribution is 0.0635. The van der Waals surface area contributed by atoms with Crippen molar-refractivity contribution in [2.24, 2.45) is 0 Å². The number of hydrogen-bond donors (Lipinski definition) is 2. The first-order chi connectivity index (χ1) is 6.37. The van der Waals surface area contributed by atoms with Crippen molar-refractivity contribution >= 4 is 11.9 Å². The first-order valence-electron chi connectivity index (χ1n) is 4.39. The van der Waals surface area contributed by atoms with Crippen LogP contribution in [0.1, 0.15) is 26.5 Å². The minimum Gasteiger partial charge on any atom is -0.444 e. The van der Waals surface area contributed by atoms with Crippen LogP contribution in [0.25, 0.3) is 0 Å². The fourth-order valence-corrected chi connectivity index (χ4v) is 0.899. The van der Waals surface area contributed by atoms with Crippen molar-refractivity contribution in [2.75, 3.05) is 5.32 Å². The van der Waals surface area contributed by atoms with Gasteiger partial charge < -0.3 is 4.74 Å². The van der Waals surface area contributed by atoms with Crippen molar-refractivity contribution in [3.05, 3.63) is 11.8 Å². The second-order valence-corrected chi connectivity index (χ2v) is 4.05. The molecule has 0 saturated carbocycles. The van der Waals surface area contributed by atoms with E-state index in [1.165, 1.54) is 0 Å². The smallest absolute Gasteiger partial charge is 0.413 e. The van der Waals surface area contributed by atoms with E-state index >= 15 is 0 Å². The highest BCUT2D eigenvalue weighted by Crippen LogP contribution is 2.10. The third kappa shape index (κ3) is 3.47. The van der Waals surface area contributed by atoms with Gasteiger partial charge in [-0.2, -0.15) is 5.10 Å². The summed E-state index contributed by atoms with van der Waals surface area (Å²) in [4.78, 5) is 11.3. The van der Waals surface area contributed by atoms with Crippen LogP contribution in [0.3, 0.4) is 0 Å². The Kier molecular flexibility index (Phi) is 2.78. The van der Waals surface area contributed by atoms with Crippen molar-refractivity contribution in [3.63, 3.8) is 0 Å². The number of H-pyrrole nitrogens is 1. The van der Waals surface area contributed by atoms with Gasteiger partial charge in [-0.3, -0.25) is 10.4 Å². The van der Waals surface area contributed by atoms with Gasteiger partial charge in [0.1, 0.15) is 11.4 Å². The molecule has 2 N–H and O–H groups in total. The zero-order valence-corrected chi connectivity index (χ0v) is 8.84. The molecule has 0 aliphatic rings. The molecule has 14 heavy (non-hydrogen) atoms. The van der Waals surface area contributed by atoms with Crippen LogP contribution in [0.2, 0.25) is 0 Å². The molecule has 0 aliphatic heterocycles. The van der Waals surface area contributed by atoms with E-state index in [1.54, 1.807) is 6.07 Å². The van der Waals surface area contributed by atoms with Crippen LogP contribution >= 0.6 is 0 Å². The zero-order valence-electron chi connectivity index (χ0n) is 8.84. The molecule has 1 amide bonds. The number of aryl methyl sites for hydroxylation is 1. The van der Waals surface area contributed by atoms with Gasteiger partial charge in [0.2, 0.25) is 0 Å². The van der Waals surface area contributed by atoms with E-state index in [-0.39, 0.29) is 0 Å². The Morgan fingerprint density at radius 3 is 2.64 bits per heavy atom. The number of amides is 1. The third-order valence-electron chi connectivity index (χ3n) is 1.34. The molecule has 5 nitrogen and oxygen atoms in total. The Morgan fingerprint density at radius 2 is 2.21 bits per heavy atom. The Labute approximate surface area is 82.8 Å². The number of aromatic nitrogens is 2. The summed E-state index contributed by atoms with van der Waals surface area (Å²) in [6.07, 6.45) is -0.485. The molecule has 0 spiro atoms. The van der Waals surface area contributed by atoms with E-state index in [4.69, 9.17) is 4.74 Å². The number of anilines is 1. The normalized spacial score (nSPS) is 11.1. The first-order valence-corrected chi connectivity index (χ1v) is 4.39. The molecule has 1 heterocycles. The van der Waals surface area contributed by atoms with Crippen LogP contribution in [-0.2, 0) is 4.74 Å². The van der Waals surface area contributed by atoms with Gasteiger partial charge in [-0.15, -0.1) is 0 Å². The van der Waals surface area contributed by atoms with Gasteiger partial charge in [0.15, 0.2) is 0 Å². The maximum atomic E-state index is 11.3. The van der Waals surface area contributed by atoms with Crippen molar-refractivity contribution in [1.82, 2.24) is 10.2 Å². The van der Waals surface area contributed by atoms with Crippen molar-refractivity contribution < 1.29 is 9.53 Å². The van der Waals surface area contributed by atoms with Crippen molar-refractivity contribution in [2.45, 2.75) is 33.3 Å². The molecule has 0 unspecified atom stereocenters. The zero-order chi connectivity index (χ0) is 10.8. The maximum absolute atomic E-state index is 11.3. The number of nitrogens with one attached hydrogen (secondary N) is 2. The average Bonchev–Trinajstić information content (AvgIpc) is 2.30. The SMILES string of the molecule is Cc1cc(NC(=O)OC(C)(C)C)[nH]n1. The number of nitrogens with zero attached hydrogens (tertiary/aromatic N) is 1. The lowest BCUT2D eigenvalue weighted by Crippen LogP contribution is -2.27. The highest BCUT2D eigenvalue weighted by molar-refractivity contribution is 5.83. The molecule has 0 atom stereocenters. The summed E-state index contributed by atoms with van der Waals surface area (Å²) in [5.74, 6) is 0.539. The Morgan fingerprint density at radius 1 is 1.57 bits per heavy atom. The Balaban J connectivity index is 2.50. The number of carbonyl (C=O) groups is 1. The van der Waals surface area contributed by atoms with Crippen LogP contribution in [0, 0.1) is 6.92 Å². The quantitative estimate of drug-likeness (QED) is 0.724. The van der Waals surface area contributed by atoms with E-state index < -0.39 is 11.7 Å². The first kappa shape index (κ1) is 10.6. The van der Waals surface area contributed by atoms with Crippen LogP contribution in [0.4, 0.5) is 10.6 Å². The molecule has 0 fully saturated rings. The van der Waals surface area contributed by atoms with Crippen molar-refractivity contribution in [3.8, 4) is 0 Å². The van der Waals surface area contributed by atoms with Gasteiger partial charge in [-0.1, -0.05) is 0 Å². The van der Waals surface area contributed by atoms with E-state index in [9.17, 15) is 4.79 Å². The number of aromatic amines is 1. The van der Waals surface area contributed by atoms with Gasteiger partial charge in [-0.05, 0) is 27.7 Å². The molecule has 0 saturated heterocycles. The largest absolute Gasteiger partial charge is 0.444 e. The summed E-state index contributed by atoms with van der Waals surface area (Å²) in [7, 11) is 0. The Hall–Kier alpha value is -1.52. The summed E-state index contributed by atoms with van der Waals surface area (Å²) in [6, 6.07) is 1.73. The molecule has 0 aromatic carbocycles. The van der Waals surface area contributed by atoms with Gasteiger partial charge in [0.05, 0.1) is 5.69 Å². The molecule has 1 aromatic rings. The predicted octanol–water partition coefficient (Wildman–Crippen LogP) is 2.07. The molecule has 0 aliphatic carbocycles. The van der Waals surface area contributed by atoms with Crippen LogP contribution in [0.15, 0.2) is 6.07 Å². The summed E-state index contributed by atoms with van der Waals surface area (Å²) in [5, 5.41) is 9.07. The summed E-state index contributed by atoms with van der Waals surface area (Å²) in [5.41, 5.74) is 0.329. The van der Waals surface area contributed by atoms with Gasteiger partial charge in [-0.25, -0.2) is 4.79 Å². The minimum absolute atomic E-state index is 0.485. The summed E-state index contributed by atoms with van der Waals surface area (Å²) < 4.78 is 5.05.